The number of anilines is 1. The third kappa shape index (κ3) is 7.44. The average molecular weight is 417 g/mol. The Labute approximate surface area is 180 Å². The summed E-state index contributed by atoms with van der Waals surface area (Å²) in [5.74, 6) is -0.236. The Hall–Kier alpha value is -2.41. The van der Waals surface area contributed by atoms with Crippen molar-refractivity contribution in [3.63, 3.8) is 0 Å². The highest BCUT2D eigenvalue weighted by Crippen LogP contribution is 2.21. The molecule has 1 saturated heterocycles. The number of likely N-dealkylation sites (tertiary alicyclic amines) is 1. The number of amides is 3. The maximum atomic E-state index is 12.3. The van der Waals surface area contributed by atoms with Gasteiger partial charge in [0.15, 0.2) is 0 Å². The summed E-state index contributed by atoms with van der Waals surface area (Å²) in [7, 11) is 0. The molecule has 1 aliphatic heterocycles. The van der Waals surface area contributed by atoms with E-state index in [9.17, 15) is 14.4 Å². The van der Waals surface area contributed by atoms with Crippen LogP contribution < -0.4 is 11.1 Å². The van der Waals surface area contributed by atoms with Gasteiger partial charge in [-0.3, -0.25) is 19.3 Å². The van der Waals surface area contributed by atoms with Crippen LogP contribution in [0.3, 0.4) is 0 Å². The van der Waals surface area contributed by atoms with Crippen LogP contribution in [0.15, 0.2) is 24.3 Å². The molecule has 0 radical (unpaired) electrons. The molecular formula is C23H36N4O3. The fourth-order valence-corrected chi connectivity index (χ4v) is 4.00. The summed E-state index contributed by atoms with van der Waals surface area (Å²) in [6, 6.07) is 7.47. The monoisotopic (exact) mass is 416 g/mol. The molecule has 1 heterocycles. The lowest BCUT2D eigenvalue weighted by molar-refractivity contribution is -0.131. The van der Waals surface area contributed by atoms with E-state index in [-0.39, 0.29) is 23.8 Å². The van der Waals surface area contributed by atoms with Crippen molar-refractivity contribution in [2.75, 3.05) is 25.0 Å². The van der Waals surface area contributed by atoms with Crippen LogP contribution in [0, 0.1) is 0 Å². The predicted molar refractivity (Wildman–Crippen MR) is 119 cm³/mol. The standard InChI is InChI=1S/C23H36N4O3/c1-3-13-26(14-4-2)22(29)12-6-11-21(28)25-19-9-5-8-18(16-19)17-27-15-7-10-20(27)23(24)30/h5,8-9,16,20H,3-4,6-7,10-15,17H2,1-2H3,(H2,24,30)(H,25,28). The molecule has 0 bridgehead atoms. The van der Waals surface area contributed by atoms with Gasteiger partial charge in [-0.25, -0.2) is 0 Å². The van der Waals surface area contributed by atoms with Crippen LogP contribution in [0.25, 0.3) is 0 Å². The normalized spacial score (nSPS) is 16.4. The van der Waals surface area contributed by atoms with Crippen LogP contribution in [0.5, 0.6) is 0 Å². The van der Waals surface area contributed by atoms with Crippen molar-refractivity contribution in [1.82, 2.24) is 9.80 Å². The zero-order valence-corrected chi connectivity index (χ0v) is 18.4. The lowest BCUT2D eigenvalue weighted by Gasteiger charge is -2.22. The summed E-state index contributed by atoms with van der Waals surface area (Å²) in [4.78, 5) is 40.2. The molecule has 1 aromatic carbocycles. The van der Waals surface area contributed by atoms with E-state index >= 15 is 0 Å². The van der Waals surface area contributed by atoms with E-state index in [0.29, 0.717) is 25.8 Å². The van der Waals surface area contributed by atoms with Crippen LogP contribution in [-0.2, 0) is 20.9 Å². The van der Waals surface area contributed by atoms with Crippen molar-refractivity contribution < 1.29 is 14.4 Å². The first kappa shape index (κ1) is 23.9. The number of primary amides is 1. The number of rotatable bonds is 12. The third-order valence-corrected chi connectivity index (χ3v) is 5.42. The topological polar surface area (TPSA) is 95.7 Å². The van der Waals surface area contributed by atoms with E-state index in [1.807, 2.05) is 29.2 Å². The van der Waals surface area contributed by atoms with Gasteiger partial charge in [-0.15, -0.1) is 0 Å². The molecule has 0 spiro atoms. The number of nitrogens with zero attached hydrogens (tertiary/aromatic N) is 2. The number of hydrogen-bond acceptors (Lipinski definition) is 4. The van der Waals surface area contributed by atoms with E-state index in [1.165, 1.54) is 0 Å². The number of hydrogen-bond donors (Lipinski definition) is 2. The number of nitrogens with two attached hydrogens (primary N) is 1. The second kappa shape index (κ2) is 12.3. The highest BCUT2D eigenvalue weighted by molar-refractivity contribution is 5.91. The molecule has 7 heteroatoms. The number of carbonyl (C=O) groups is 3. The first-order valence-corrected chi connectivity index (χ1v) is 11.1. The molecule has 1 aliphatic rings. The minimum Gasteiger partial charge on any atom is -0.368 e. The Balaban J connectivity index is 1.81. The Morgan fingerprint density at radius 1 is 1.17 bits per heavy atom. The van der Waals surface area contributed by atoms with E-state index in [4.69, 9.17) is 5.73 Å². The second-order valence-electron chi connectivity index (χ2n) is 8.01. The predicted octanol–water partition coefficient (Wildman–Crippen LogP) is 2.89. The lowest BCUT2D eigenvalue weighted by atomic mass is 10.1. The smallest absolute Gasteiger partial charge is 0.234 e. The zero-order valence-electron chi connectivity index (χ0n) is 18.4. The molecule has 7 nitrogen and oxygen atoms in total. The van der Waals surface area contributed by atoms with Crippen molar-refractivity contribution >= 4 is 23.4 Å². The Morgan fingerprint density at radius 2 is 1.90 bits per heavy atom. The summed E-state index contributed by atoms with van der Waals surface area (Å²) < 4.78 is 0. The molecule has 0 aromatic heterocycles. The SMILES string of the molecule is CCCN(CCC)C(=O)CCCC(=O)Nc1cccc(CN2CCCC2C(N)=O)c1. The van der Waals surface area contributed by atoms with Gasteiger partial charge in [0.2, 0.25) is 17.7 Å². The van der Waals surface area contributed by atoms with Crippen molar-refractivity contribution in [2.45, 2.75) is 71.4 Å². The Kier molecular flexibility index (Phi) is 9.80. The van der Waals surface area contributed by atoms with Crippen molar-refractivity contribution in [3.05, 3.63) is 29.8 Å². The van der Waals surface area contributed by atoms with Gasteiger partial charge < -0.3 is 16.0 Å². The minimum absolute atomic E-state index is 0.0892. The third-order valence-electron chi connectivity index (χ3n) is 5.42. The van der Waals surface area contributed by atoms with Crippen molar-refractivity contribution in [1.29, 1.82) is 0 Å². The molecule has 30 heavy (non-hydrogen) atoms. The minimum atomic E-state index is -0.275. The molecule has 0 aliphatic carbocycles. The van der Waals surface area contributed by atoms with Gasteiger partial charge in [0, 0.05) is 38.2 Å². The van der Waals surface area contributed by atoms with Gasteiger partial charge in [-0.2, -0.15) is 0 Å². The van der Waals surface area contributed by atoms with Gasteiger partial charge in [0.05, 0.1) is 6.04 Å². The molecule has 3 N–H and O–H groups in total. The summed E-state index contributed by atoms with van der Waals surface area (Å²) in [5, 5.41) is 2.92. The van der Waals surface area contributed by atoms with Crippen LogP contribution >= 0.6 is 0 Å². The van der Waals surface area contributed by atoms with Crippen molar-refractivity contribution in [3.8, 4) is 0 Å². The van der Waals surface area contributed by atoms with Crippen LogP contribution in [0.1, 0.15) is 64.4 Å². The Bertz CT molecular complexity index is 716. The van der Waals surface area contributed by atoms with Gasteiger partial charge in [0.25, 0.3) is 0 Å². The fourth-order valence-electron chi connectivity index (χ4n) is 4.00. The van der Waals surface area contributed by atoms with E-state index < -0.39 is 0 Å². The molecular weight excluding hydrogens is 380 g/mol. The van der Waals surface area contributed by atoms with Crippen LogP contribution in [-0.4, -0.2) is 53.2 Å². The molecule has 166 valence electrons. The molecule has 3 amide bonds. The second-order valence-corrected chi connectivity index (χ2v) is 8.01. The number of benzene rings is 1. The highest BCUT2D eigenvalue weighted by Gasteiger charge is 2.28. The largest absolute Gasteiger partial charge is 0.368 e. The van der Waals surface area contributed by atoms with Gasteiger partial charge in [-0.1, -0.05) is 26.0 Å². The lowest BCUT2D eigenvalue weighted by Crippen LogP contribution is -2.39. The summed E-state index contributed by atoms with van der Waals surface area (Å²) >= 11 is 0. The van der Waals surface area contributed by atoms with E-state index in [2.05, 4.69) is 24.1 Å². The molecule has 1 unspecified atom stereocenters. The maximum absolute atomic E-state index is 12.3. The van der Waals surface area contributed by atoms with E-state index in [1.54, 1.807) is 0 Å². The van der Waals surface area contributed by atoms with Gasteiger partial charge >= 0.3 is 0 Å². The summed E-state index contributed by atoms with van der Waals surface area (Å²) in [6.45, 7) is 7.17. The molecule has 1 aromatic rings. The summed E-state index contributed by atoms with van der Waals surface area (Å²) in [5.41, 5.74) is 7.26. The van der Waals surface area contributed by atoms with Gasteiger partial charge in [-0.05, 0) is 56.3 Å². The zero-order chi connectivity index (χ0) is 21.9. The molecule has 0 saturated carbocycles. The first-order valence-electron chi connectivity index (χ1n) is 11.1. The maximum Gasteiger partial charge on any atom is 0.234 e. The quantitative estimate of drug-likeness (QED) is 0.548. The Morgan fingerprint density at radius 3 is 2.57 bits per heavy atom. The molecule has 1 atom stereocenters. The first-order chi connectivity index (χ1) is 14.4. The van der Waals surface area contributed by atoms with Gasteiger partial charge in [0.1, 0.15) is 0 Å². The molecule has 2 rings (SSSR count). The van der Waals surface area contributed by atoms with E-state index in [0.717, 1.165) is 56.6 Å². The van der Waals surface area contributed by atoms with Crippen LogP contribution in [0.4, 0.5) is 5.69 Å². The fraction of sp³-hybridized carbons (Fsp3) is 0.609. The number of nitrogens with one attached hydrogen (secondary N) is 1. The molecule has 1 fully saturated rings. The average Bonchev–Trinajstić information content (AvgIpc) is 3.16. The summed E-state index contributed by atoms with van der Waals surface area (Å²) in [6.07, 6.45) is 4.92. The number of carbonyl (C=O) groups excluding carboxylic acids is 3. The van der Waals surface area contributed by atoms with Crippen molar-refractivity contribution in [2.24, 2.45) is 5.73 Å². The highest BCUT2D eigenvalue weighted by atomic mass is 16.2. The van der Waals surface area contributed by atoms with Crippen LogP contribution in [0.2, 0.25) is 0 Å².